The summed E-state index contributed by atoms with van der Waals surface area (Å²) in [5, 5.41) is 0. The van der Waals surface area contributed by atoms with E-state index < -0.39 is 5.67 Å². The lowest BCUT2D eigenvalue weighted by molar-refractivity contribution is -0.00324. The average molecular weight is 228 g/mol. The van der Waals surface area contributed by atoms with Crippen LogP contribution in [0, 0.1) is 5.92 Å². The van der Waals surface area contributed by atoms with Gasteiger partial charge in [0.2, 0.25) is 0 Å². The molecule has 2 aliphatic rings. The maximum atomic E-state index is 13.4. The minimum atomic E-state index is -0.857. The van der Waals surface area contributed by atoms with Crippen LogP contribution in [0.25, 0.3) is 0 Å². The minimum absolute atomic E-state index is 0.612. The van der Waals surface area contributed by atoms with Crippen LogP contribution in [0.1, 0.15) is 33.6 Å². The van der Waals surface area contributed by atoms with Crippen LogP contribution in [0.2, 0.25) is 0 Å². The molecule has 0 bridgehead atoms. The van der Waals surface area contributed by atoms with Gasteiger partial charge in [0.1, 0.15) is 5.67 Å². The zero-order chi connectivity index (χ0) is 11.8. The van der Waals surface area contributed by atoms with E-state index in [0.717, 1.165) is 32.5 Å². The van der Waals surface area contributed by atoms with Gasteiger partial charge in [-0.15, -0.1) is 0 Å². The highest BCUT2D eigenvalue weighted by Gasteiger charge is 2.41. The highest BCUT2D eigenvalue weighted by atomic mass is 19.1. The zero-order valence-corrected chi connectivity index (χ0v) is 10.9. The molecule has 16 heavy (non-hydrogen) atoms. The third-order valence-electron chi connectivity index (χ3n) is 4.08. The van der Waals surface area contributed by atoms with Crippen molar-refractivity contribution in [2.24, 2.45) is 5.92 Å². The molecule has 2 rings (SSSR count). The molecule has 0 atom stereocenters. The number of rotatable bonds is 3. The molecule has 1 aliphatic carbocycles. The first kappa shape index (κ1) is 12.3. The molecule has 0 aromatic rings. The van der Waals surface area contributed by atoms with Crippen LogP contribution < -0.4 is 0 Å². The molecule has 0 aromatic heterocycles. The summed E-state index contributed by atoms with van der Waals surface area (Å²) in [6, 6.07) is 0.667. The molecule has 0 N–H and O–H groups in total. The second-order valence-corrected chi connectivity index (χ2v) is 6.12. The highest BCUT2D eigenvalue weighted by Crippen LogP contribution is 2.41. The predicted molar refractivity (Wildman–Crippen MR) is 65.4 cm³/mol. The van der Waals surface area contributed by atoms with Crippen molar-refractivity contribution in [3.05, 3.63) is 0 Å². The van der Waals surface area contributed by atoms with Gasteiger partial charge in [-0.1, -0.05) is 0 Å². The summed E-state index contributed by atoms with van der Waals surface area (Å²) in [6.07, 6.45) is 1.55. The van der Waals surface area contributed by atoms with Crippen LogP contribution >= 0.6 is 0 Å². The molecule has 2 nitrogen and oxygen atoms in total. The van der Waals surface area contributed by atoms with Crippen molar-refractivity contribution in [2.45, 2.75) is 45.3 Å². The van der Waals surface area contributed by atoms with Gasteiger partial charge >= 0.3 is 0 Å². The molecule has 94 valence electrons. The van der Waals surface area contributed by atoms with Gasteiger partial charge in [0.15, 0.2) is 0 Å². The zero-order valence-electron chi connectivity index (χ0n) is 10.9. The van der Waals surface area contributed by atoms with Crippen molar-refractivity contribution in [2.75, 3.05) is 32.7 Å². The van der Waals surface area contributed by atoms with E-state index in [0.29, 0.717) is 12.0 Å². The van der Waals surface area contributed by atoms with Crippen LogP contribution in [-0.4, -0.2) is 54.2 Å². The van der Waals surface area contributed by atoms with E-state index in [1.165, 1.54) is 13.1 Å². The molecule has 1 aliphatic heterocycles. The number of hydrogen-bond acceptors (Lipinski definition) is 2. The third-order valence-corrected chi connectivity index (χ3v) is 4.08. The summed E-state index contributed by atoms with van der Waals surface area (Å²) in [6.45, 7) is 12.1. The van der Waals surface area contributed by atoms with Crippen molar-refractivity contribution in [1.29, 1.82) is 0 Å². The second-order valence-electron chi connectivity index (χ2n) is 6.12. The number of hydrogen-bond donors (Lipinski definition) is 0. The molecule has 1 heterocycles. The van der Waals surface area contributed by atoms with Gasteiger partial charge in [-0.05, 0) is 39.5 Å². The lowest BCUT2D eigenvalue weighted by atomic mass is 9.73. The summed E-state index contributed by atoms with van der Waals surface area (Å²) in [7, 11) is 0. The smallest absolute Gasteiger partial charge is 0.108 e. The largest absolute Gasteiger partial charge is 0.301 e. The van der Waals surface area contributed by atoms with E-state index in [-0.39, 0.29) is 0 Å². The standard InChI is InChI=1S/C13H25FN2/c1-11(2)16-6-4-15(5-7-16)10-12-8-13(3,14)9-12/h11-12H,4-10H2,1-3H3. The van der Waals surface area contributed by atoms with Crippen molar-refractivity contribution in [3.63, 3.8) is 0 Å². The average Bonchev–Trinajstić information content (AvgIpc) is 2.15. The van der Waals surface area contributed by atoms with E-state index >= 15 is 0 Å². The van der Waals surface area contributed by atoms with Gasteiger partial charge in [-0.2, -0.15) is 0 Å². The van der Waals surface area contributed by atoms with Crippen LogP contribution in [0.15, 0.2) is 0 Å². The normalized spacial score (nSPS) is 37.7. The molecule has 2 fully saturated rings. The fourth-order valence-corrected chi connectivity index (χ4v) is 3.10. The lowest BCUT2D eigenvalue weighted by Gasteiger charge is -2.44. The van der Waals surface area contributed by atoms with Crippen molar-refractivity contribution in [3.8, 4) is 0 Å². The Morgan fingerprint density at radius 2 is 1.75 bits per heavy atom. The first-order chi connectivity index (χ1) is 7.46. The van der Waals surface area contributed by atoms with Gasteiger partial charge in [-0.25, -0.2) is 4.39 Å². The maximum Gasteiger partial charge on any atom is 0.108 e. The fraction of sp³-hybridized carbons (Fsp3) is 1.00. The Morgan fingerprint density at radius 3 is 2.19 bits per heavy atom. The molecule has 1 saturated carbocycles. The van der Waals surface area contributed by atoms with Crippen LogP contribution in [0.3, 0.4) is 0 Å². The number of halogens is 1. The molecule has 0 amide bonds. The predicted octanol–water partition coefficient (Wildman–Crippen LogP) is 2.15. The summed E-state index contributed by atoms with van der Waals surface area (Å²) in [4.78, 5) is 5.04. The van der Waals surface area contributed by atoms with E-state index in [2.05, 4.69) is 23.6 Å². The Labute approximate surface area is 98.8 Å². The fourth-order valence-electron chi connectivity index (χ4n) is 3.10. The summed E-state index contributed by atoms with van der Waals surface area (Å²) >= 11 is 0. The van der Waals surface area contributed by atoms with Crippen LogP contribution in [0.4, 0.5) is 4.39 Å². The Balaban J connectivity index is 1.67. The quantitative estimate of drug-likeness (QED) is 0.730. The topological polar surface area (TPSA) is 6.48 Å². The van der Waals surface area contributed by atoms with Crippen molar-refractivity contribution in [1.82, 2.24) is 9.80 Å². The molecular formula is C13H25FN2. The Hall–Kier alpha value is -0.150. The third kappa shape index (κ3) is 2.95. The van der Waals surface area contributed by atoms with Crippen molar-refractivity contribution < 1.29 is 4.39 Å². The molecule has 0 aromatic carbocycles. The lowest BCUT2D eigenvalue weighted by Crippen LogP contribution is -2.52. The van der Waals surface area contributed by atoms with Gasteiger partial charge in [0, 0.05) is 38.8 Å². The van der Waals surface area contributed by atoms with E-state index in [1.807, 2.05) is 0 Å². The first-order valence-electron chi connectivity index (χ1n) is 6.61. The van der Waals surface area contributed by atoms with E-state index in [9.17, 15) is 4.39 Å². The Bertz CT molecular complexity index is 224. The molecule has 0 unspecified atom stereocenters. The summed E-state index contributed by atoms with van der Waals surface area (Å²) in [5.41, 5.74) is -0.857. The van der Waals surface area contributed by atoms with Gasteiger partial charge in [-0.3, -0.25) is 4.90 Å². The number of nitrogens with zero attached hydrogens (tertiary/aromatic N) is 2. The van der Waals surface area contributed by atoms with Crippen molar-refractivity contribution >= 4 is 0 Å². The molecule has 3 heteroatoms. The molecule has 0 radical (unpaired) electrons. The maximum absolute atomic E-state index is 13.4. The first-order valence-corrected chi connectivity index (χ1v) is 6.61. The number of alkyl halides is 1. The number of piperazine rings is 1. The minimum Gasteiger partial charge on any atom is -0.301 e. The molecule has 1 saturated heterocycles. The second kappa shape index (κ2) is 4.61. The summed E-state index contributed by atoms with van der Waals surface area (Å²) in [5.74, 6) is 0.612. The Kier molecular flexibility index (Phi) is 3.55. The SMILES string of the molecule is CC(C)N1CCN(CC2CC(C)(F)C2)CC1. The Morgan fingerprint density at radius 1 is 1.19 bits per heavy atom. The molecule has 0 spiro atoms. The monoisotopic (exact) mass is 228 g/mol. The van der Waals surface area contributed by atoms with E-state index in [4.69, 9.17) is 0 Å². The highest BCUT2D eigenvalue weighted by molar-refractivity contribution is 4.92. The van der Waals surface area contributed by atoms with E-state index in [1.54, 1.807) is 6.92 Å². The van der Waals surface area contributed by atoms with Gasteiger partial charge in [0.05, 0.1) is 0 Å². The van der Waals surface area contributed by atoms with Crippen LogP contribution in [0.5, 0.6) is 0 Å². The molecular weight excluding hydrogens is 203 g/mol. The van der Waals surface area contributed by atoms with Crippen LogP contribution in [-0.2, 0) is 0 Å². The summed E-state index contributed by atoms with van der Waals surface area (Å²) < 4.78 is 13.4. The van der Waals surface area contributed by atoms with Gasteiger partial charge < -0.3 is 4.90 Å². The van der Waals surface area contributed by atoms with Gasteiger partial charge in [0.25, 0.3) is 0 Å².